The van der Waals surface area contributed by atoms with Crippen molar-refractivity contribution in [3.63, 3.8) is 0 Å². The average Bonchev–Trinajstić information content (AvgIpc) is 3.26. The second-order valence-corrected chi connectivity index (χ2v) is 5.63. The van der Waals surface area contributed by atoms with Crippen LogP contribution >= 0.6 is 0 Å². The lowest BCUT2D eigenvalue weighted by atomic mass is 10.2. The smallest absolute Gasteiger partial charge is 0.196 e. The molecule has 0 radical (unpaired) electrons. The lowest BCUT2D eigenvalue weighted by Gasteiger charge is -2.12. The van der Waals surface area contributed by atoms with Crippen molar-refractivity contribution in [3.8, 4) is 0 Å². The Morgan fingerprint density at radius 2 is 1.91 bits per heavy atom. The Kier molecular flexibility index (Phi) is 3.68. The Bertz CT molecular complexity index is 834. The van der Waals surface area contributed by atoms with Gasteiger partial charge >= 0.3 is 0 Å². The number of anilines is 2. The molecule has 3 heterocycles. The van der Waals surface area contributed by atoms with Crippen LogP contribution in [-0.4, -0.2) is 24.3 Å². The predicted molar refractivity (Wildman–Crippen MR) is 93.1 cm³/mol. The van der Waals surface area contributed by atoms with Crippen molar-refractivity contribution in [1.82, 2.24) is 4.98 Å². The first kappa shape index (κ1) is 13.8. The molecule has 116 valence electrons. The highest BCUT2D eigenvalue weighted by molar-refractivity contribution is 5.80. The van der Waals surface area contributed by atoms with Crippen molar-refractivity contribution >= 4 is 28.8 Å². The number of hydrogen-bond acceptors (Lipinski definition) is 5. The summed E-state index contributed by atoms with van der Waals surface area (Å²) in [5.41, 5.74) is 3.90. The highest BCUT2D eigenvalue weighted by atomic mass is 16.4. The third kappa shape index (κ3) is 3.04. The predicted octanol–water partition coefficient (Wildman–Crippen LogP) is 3.87. The number of fused-ring (bicyclic) bond motifs is 1. The third-order valence-electron chi connectivity index (χ3n) is 4.00. The van der Waals surface area contributed by atoms with Crippen LogP contribution in [0.15, 0.2) is 58.0 Å². The van der Waals surface area contributed by atoms with E-state index in [-0.39, 0.29) is 0 Å². The molecule has 0 aliphatic carbocycles. The lowest BCUT2D eigenvalue weighted by Crippen LogP contribution is -2.16. The largest absolute Gasteiger partial charge is 0.440 e. The van der Waals surface area contributed by atoms with Crippen LogP contribution in [0.3, 0.4) is 0 Å². The van der Waals surface area contributed by atoms with Gasteiger partial charge in [-0.3, -0.25) is 5.43 Å². The number of hydrazone groups is 1. The number of nitrogens with zero attached hydrogens (tertiary/aromatic N) is 3. The second kappa shape index (κ2) is 6.12. The van der Waals surface area contributed by atoms with Crippen molar-refractivity contribution in [2.45, 2.75) is 12.8 Å². The van der Waals surface area contributed by atoms with E-state index in [1.165, 1.54) is 12.8 Å². The van der Waals surface area contributed by atoms with Crippen LogP contribution in [0, 0.1) is 0 Å². The van der Waals surface area contributed by atoms with Crippen LogP contribution in [-0.2, 0) is 0 Å². The highest BCUT2D eigenvalue weighted by Crippen LogP contribution is 2.22. The van der Waals surface area contributed by atoms with Gasteiger partial charge in [0.25, 0.3) is 0 Å². The lowest BCUT2D eigenvalue weighted by molar-refractivity contribution is 0.550. The van der Waals surface area contributed by atoms with E-state index < -0.39 is 0 Å². The minimum atomic E-state index is 0.714. The first-order valence-electron chi connectivity index (χ1n) is 7.88. The van der Waals surface area contributed by atoms with Gasteiger partial charge in [0, 0.05) is 24.5 Å². The number of pyridine rings is 1. The zero-order valence-corrected chi connectivity index (χ0v) is 12.8. The summed E-state index contributed by atoms with van der Waals surface area (Å²) in [4.78, 5) is 6.77. The molecule has 2 aromatic heterocycles. The van der Waals surface area contributed by atoms with Gasteiger partial charge in [-0.1, -0.05) is 18.2 Å². The van der Waals surface area contributed by atoms with Gasteiger partial charge in [-0.05, 0) is 37.1 Å². The van der Waals surface area contributed by atoms with Crippen LogP contribution in [0.1, 0.15) is 18.6 Å². The molecule has 1 N–H and O–H groups in total. The fraction of sp³-hybridized carbons (Fsp3) is 0.222. The minimum Gasteiger partial charge on any atom is -0.440 e. The summed E-state index contributed by atoms with van der Waals surface area (Å²) < 4.78 is 5.79. The number of rotatable bonds is 4. The van der Waals surface area contributed by atoms with Crippen molar-refractivity contribution in [3.05, 3.63) is 54.3 Å². The van der Waals surface area contributed by atoms with Crippen molar-refractivity contribution in [1.29, 1.82) is 0 Å². The summed E-state index contributed by atoms with van der Waals surface area (Å²) in [7, 11) is 0. The standard InChI is InChI=1S/C18H18N4O/c1-2-6-16-14(5-1)7-9-17(20-16)21-19-13-15-8-10-18(23-15)22-11-3-4-12-22/h1-2,5-10,13H,3-4,11-12H2,(H,20,21)/b19-13-. The molecule has 3 aromatic rings. The van der Waals surface area contributed by atoms with Crippen molar-refractivity contribution < 1.29 is 4.42 Å². The molecule has 5 heteroatoms. The number of nitrogens with one attached hydrogen (secondary N) is 1. The Morgan fingerprint density at radius 1 is 1.04 bits per heavy atom. The number of furan rings is 1. The van der Waals surface area contributed by atoms with E-state index in [1.807, 2.05) is 48.5 Å². The average molecular weight is 306 g/mol. The quantitative estimate of drug-likeness (QED) is 0.587. The van der Waals surface area contributed by atoms with Gasteiger partial charge in [0.2, 0.25) is 0 Å². The van der Waals surface area contributed by atoms with Gasteiger partial charge in [0.05, 0.1) is 11.7 Å². The molecule has 0 unspecified atom stereocenters. The monoisotopic (exact) mass is 306 g/mol. The van der Waals surface area contributed by atoms with Gasteiger partial charge in [0.1, 0.15) is 11.6 Å². The molecule has 0 atom stereocenters. The molecule has 1 saturated heterocycles. The molecule has 0 bridgehead atoms. The molecule has 4 rings (SSSR count). The van der Waals surface area contributed by atoms with E-state index in [2.05, 4.69) is 20.4 Å². The Morgan fingerprint density at radius 3 is 2.83 bits per heavy atom. The maximum Gasteiger partial charge on any atom is 0.196 e. The van der Waals surface area contributed by atoms with Gasteiger partial charge in [-0.15, -0.1) is 0 Å². The molecule has 23 heavy (non-hydrogen) atoms. The Hall–Kier alpha value is -2.82. The fourth-order valence-corrected chi connectivity index (χ4v) is 2.81. The van der Waals surface area contributed by atoms with Crippen LogP contribution in [0.25, 0.3) is 10.9 Å². The summed E-state index contributed by atoms with van der Waals surface area (Å²) in [6.07, 6.45) is 4.15. The minimum absolute atomic E-state index is 0.714. The molecule has 1 aliphatic heterocycles. The summed E-state index contributed by atoms with van der Waals surface area (Å²) in [6.45, 7) is 2.15. The Labute approximate surface area is 134 Å². The van der Waals surface area contributed by atoms with Gasteiger partial charge in [0.15, 0.2) is 5.88 Å². The molecule has 0 spiro atoms. The van der Waals surface area contributed by atoms with Crippen LogP contribution in [0.2, 0.25) is 0 Å². The Balaban J connectivity index is 1.44. The number of hydrogen-bond donors (Lipinski definition) is 1. The molecule has 1 aliphatic rings. The summed E-state index contributed by atoms with van der Waals surface area (Å²) >= 11 is 0. The summed E-state index contributed by atoms with van der Waals surface area (Å²) in [6, 6.07) is 15.9. The topological polar surface area (TPSA) is 53.7 Å². The highest BCUT2D eigenvalue weighted by Gasteiger charge is 2.14. The first-order valence-corrected chi connectivity index (χ1v) is 7.88. The third-order valence-corrected chi connectivity index (χ3v) is 4.00. The number of benzene rings is 1. The maximum atomic E-state index is 5.79. The van der Waals surface area contributed by atoms with Crippen LogP contribution in [0.5, 0.6) is 0 Å². The SMILES string of the molecule is C(=N/Nc1ccc2ccccc2n1)/c1ccc(N2CCCC2)o1. The van der Waals surface area contributed by atoms with E-state index in [1.54, 1.807) is 6.21 Å². The molecule has 5 nitrogen and oxygen atoms in total. The van der Waals surface area contributed by atoms with E-state index in [0.29, 0.717) is 5.82 Å². The molecule has 1 aromatic carbocycles. The zero-order chi connectivity index (χ0) is 15.5. The molecular formula is C18H18N4O. The van der Waals surface area contributed by atoms with E-state index >= 15 is 0 Å². The van der Waals surface area contributed by atoms with Gasteiger partial charge < -0.3 is 9.32 Å². The van der Waals surface area contributed by atoms with E-state index in [9.17, 15) is 0 Å². The summed E-state index contributed by atoms with van der Waals surface area (Å²) in [5, 5.41) is 5.32. The van der Waals surface area contributed by atoms with Gasteiger partial charge in [-0.25, -0.2) is 4.98 Å². The first-order chi connectivity index (χ1) is 11.4. The number of aromatic nitrogens is 1. The van der Waals surface area contributed by atoms with Crippen molar-refractivity contribution in [2.24, 2.45) is 5.10 Å². The summed E-state index contributed by atoms with van der Waals surface area (Å²) in [5.74, 6) is 2.37. The number of para-hydroxylation sites is 1. The van der Waals surface area contributed by atoms with Crippen LogP contribution in [0.4, 0.5) is 11.7 Å². The molecule has 0 saturated carbocycles. The van der Waals surface area contributed by atoms with E-state index in [4.69, 9.17) is 4.42 Å². The maximum absolute atomic E-state index is 5.79. The molecule has 1 fully saturated rings. The fourth-order valence-electron chi connectivity index (χ4n) is 2.81. The molecule has 0 amide bonds. The van der Waals surface area contributed by atoms with Crippen LogP contribution < -0.4 is 10.3 Å². The normalized spacial score (nSPS) is 14.9. The van der Waals surface area contributed by atoms with Crippen molar-refractivity contribution in [2.75, 3.05) is 23.4 Å². The van der Waals surface area contributed by atoms with E-state index in [0.717, 1.165) is 35.6 Å². The zero-order valence-electron chi connectivity index (χ0n) is 12.8. The second-order valence-electron chi connectivity index (χ2n) is 5.63. The van der Waals surface area contributed by atoms with Gasteiger partial charge in [-0.2, -0.15) is 5.10 Å². The molecular weight excluding hydrogens is 288 g/mol.